The standard InChI is InChI=1S/C14H26N2O/c1-16(13-9-10-15-11-13)14(17)12-7-5-3-2-4-6-8-12/h12-13,15H,2-11H2,1H3. The van der Waals surface area contributed by atoms with Gasteiger partial charge in [0.2, 0.25) is 5.91 Å². The summed E-state index contributed by atoms with van der Waals surface area (Å²) in [4.78, 5) is 14.5. The Balaban J connectivity index is 1.87. The lowest BCUT2D eigenvalue weighted by molar-refractivity contribution is -0.136. The van der Waals surface area contributed by atoms with E-state index < -0.39 is 0 Å². The van der Waals surface area contributed by atoms with Crippen LogP contribution in [0.3, 0.4) is 0 Å². The number of nitrogens with one attached hydrogen (secondary N) is 1. The summed E-state index contributed by atoms with van der Waals surface area (Å²) in [6.45, 7) is 2.04. The summed E-state index contributed by atoms with van der Waals surface area (Å²) in [5, 5.41) is 3.34. The second-order valence-corrected chi connectivity index (χ2v) is 5.64. The zero-order valence-electron chi connectivity index (χ0n) is 11.1. The molecule has 1 aliphatic heterocycles. The van der Waals surface area contributed by atoms with Crippen LogP contribution in [0, 0.1) is 5.92 Å². The Morgan fingerprint density at radius 2 is 1.71 bits per heavy atom. The monoisotopic (exact) mass is 238 g/mol. The third kappa shape index (κ3) is 3.44. The predicted molar refractivity (Wildman–Crippen MR) is 69.9 cm³/mol. The minimum Gasteiger partial charge on any atom is -0.341 e. The molecule has 2 aliphatic rings. The van der Waals surface area contributed by atoms with Crippen LogP contribution in [0.4, 0.5) is 0 Å². The number of carbonyl (C=O) groups excluding carboxylic acids is 1. The molecule has 3 heteroatoms. The number of likely N-dealkylation sites (N-methyl/N-ethyl adjacent to an activating group) is 1. The molecule has 1 atom stereocenters. The fraction of sp³-hybridized carbons (Fsp3) is 0.929. The molecule has 0 aromatic rings. The molecule has 17 heavy (non-hydrogen) atoms. The van der Waals surface area contributed by atoms with Crippen LogP contribution in [-0.2, 0) is 4.79 Å². The smallest absolute Gasteiger partial charge is 0.225 e. The Hall–Kier alpha value is -0.570. The van der Waals surface area contributed by atoms with Crippen LogP contribution in [0.25, 0.3) is 0 Å². The SMILES string of the molecule is CN(C(=O)C1CCCCCCC1)C1CCNC1. The average Bonchev–Trinajstić information content (AvgIpc) is 2.80. The number of amides is 1. The Labute approximate surface area is 105 Å². The van der Waals surface area contributed by atoms with Crippen LogP contribution in [0.1, 0.15) is 51.4 Å². The van der Waals surface area contributed by atoms with E-state index in [0.717, 1.165) is 32.4 Å². The van der Waals surface area contributed by atoms with Crippen molar-refractivity contribution >= 4 is 5.91 Å². The molecular formula is C14H26N2O. The summed E-state index contributed by atoms with van der Waals surface area (Å²) in [6.07, 6.45) is 9.84. The van der Waals surface area contributed by atoms with Gasteiger partial charge in [-0.15, -0.1) is 0 Å². The molecule has 0 aromatic heterocycles. The van der Waals surface area contributed by atoms with Gasteiger partial charge in [0.05, 0.1) is 0 Å². The van der Waals surface area contributed by atoms with Crippen LogP contribution in [0.5, 0.6) is 0 Å². The van der Waals surface area contributed by atoms with Gasteiger partial charge in [0, 0.05) is 25.6 Å². The zero-order chi connectivity index (χ0) is 12.1. The number of rotatable bonds is 2. The third-order valence-electron chi connectivity index (χ3n) is 4.38. The number of hydrogen-bond acceptors (Lipinski definition) is 2. The minimum atomic E-state index is 0.306. The van der Waals surface area contributed by atoms with Crippen LogP contribution in [0.2, 0.25) is 0 Å². The largest absolute Gasteiger partial charge is 0.341 e. The fourth-order valence-corrected chi connectivity index (χ4v) is 3.14. The maximum atomic E-state index is 12.4. The second-order valence-electron chi connectivity index (χ2n) is 5.64. The molecule has 1 amide bonds. The number of carbonyl (C=O) groups is 1. The van der Waals surface area contributed by atoms with Crippen molar-refractivity contribution in [3.63, 3.8) is 0 Å². The molecule has 1 unspecified atom stereocenters. The van der Waals surface area contributed by atoms with Gasteiger partial charge < -0.3 is 10.2 Å². The van der Waals surface area contributed by atoms with Crippen molar-refractivity contribution in [1.82, 2.24) is 10.2 Å². The van der Waals surface area contributed by atoms with Gasteiger partial charge in [-0.05, 0) is 25.8 Å². The van der Waals surface area contributed by atoms with Crippen molar-refractivity contribution in [2.45, 2.75) is 57.4 Å². The quantitative estimate of drug-likeness (QED) is 0.799. The lowest BCUT2D eigenvalue weighted by atomic mass is 9.90. The van der Waals surface area contributed by atoms with Gasteiger partial charge in [-0.1, -0.05) is 32.1 Å². The zero-order valence-corrected chi connectivity index (χ0v) is 11.1. The molecule has 1 aliphatic carbocycles. The molecule has 1 saturated heterocycles. The molecule has 0 aromatic carbocycles. The molecule has 0 bridgehead atoms. The Morgan fingerprint density at radius 3 is 2.29 bits per heavy atom. The van der Waals surface area contributed by atoms with Crippen molar-refractivity contribution in [2.24, 2.45) is 5.92 Å². The molecule has 0 spiro atoms. The van der Waals surface area contributed by atoms with E-state index in [9.17, 15) is 4.79 Å². The predicted octanol–water partition coefficient (Wildman–Crippen LogP) is 2.17. The van der Waals surface area contributed by atoms with E-state index in [1.165, 1.54) is 32.1 Å². The van der Waals surface area contributed by atoms with E-state index in [2.05, 4.69) is 5.32 Å². The van der Waals surface area contributed by atoms with Crippen molar-refractivity contribution < 1.29 is 4.79 Å². The van der Waals surface area contributed by atoms with E-state index in [1.807, 2.05) is 11.9 Å². The third-order valence-corrected chi connectivity index (χ3v) is 4.38. The first-order valence-electron chi connectivity index (χ1n) is 7.26. The van der Waals surface area contributed by atoms with Gasteiger partial charge in [0.25, 0.3) is 0 Å². The fourth-order valence-electron chi connectivity index (χ4n) is 3.14. The molecule has 1 saturated carbocycles. The first kappa shape index (κ1) is 12.9. The Morgan fingerprint density at radius 1 is 1.06 bits per heavy atom. The van der Waals surface area contributed by atoms with Crippen molar-refractivity contribution in [1.29, 1.82) is 0 Å². The maximum Gasteiger partial charge on any atom is 0.225 e. The molecular weight excluding hydrogens is 212 g/mol. The normalized spacial score (nSPS) is 27.5. The van der Waals surface area contributed by atoms with Crippen LogP contribution >= 0.6 is 0 Å². The average molecular weight is 238 g/mol. The summed E-state index contributed by atoms with van der Waals surface area (Å²) in [6, 6.07) is 0.438. The van der Waals surface area contributed by atoms with Gasteiger partial charge >= 0.3 is 0 Å². The van der Waals surface area contributed by atoms with Gasteiger partial charge in [-0.2, -0.15) is 0 Å². The Kier molecular flexibility index (Phi) is 4.84. The molecule has 3 nitrogen and oxygen atoms in total. The summed E-state index contributed by atoms with van der Waals surface area (Å²) < 4.78 is 0. The summed E-state index contributed by atoms with van der Waals surface area (Å²) in [5.41, 5.74) is 0. The van der Waals surface area contributed by atoms with Gasteiger partial charge in [0.1, 0.15) is 0 Å². The topological polar surface area (TPSA) is 32.3 Å². The highest BCUT2D eigenvalue weighted by Gasteiger charge is 2.28. The van der Waals surface area contributed by atoms with Gasteiger partial charge in [-0.3, -0.25) is 4.79 Å². The van der Waals surface area contributed by atoms with Crippen molar-refractivity contribution in [3.8, 4) is 0 Å². The lowest BCUT2D eigenvalue weighted by Gasteiger charge is -2.29. The number of hydrogen-bond donors (Lipinski definition) is 1. The maximum absolute atomic E-state index is 12.4. The van der Waals surface area contributed by atoms with Gasteiger partial charge in [-0.25, -0.2) is 0 Å². The van der Waals surface area contributed by atoms with E-state index in [-0.39, 0.29) is 0 Å². The second kappa shape index (κ2) is 6.39. The molecule has 2 rings (SSSR count). The van der Waals surface area contributed by atoms with Gasteiger partial charge in [0.15, 0.2) is 0 Å². The van der Waals surface area contributed by atoms with Crippen molar-refractivity contribution in [3.05, 3.63) is 0 Å². The summed E-state index contributed by atoms with van der Waals surface area (Å²) in [5.74, 6) is 0.710. The molecule has 2 fully saturated rings. The minimum absolute atomic E-state index is 0.306. The lowest BCUT2D eigenvalue weighted by Crippen LogP contribution is -2.42. The van der Waals surface area contributed by atoms with Crippen LogP contribution < -0.4 is 5.32 Å². The van der Waals surface area contributed by atoms with Crippen LogP contribution in [0.15, 0.2) is 0 Å². The molecule has 1 N–H and O–H groups in total. The van der Waals surface area contributed by atoms with Crippen LogP contribution in [-0.4, -0.2) is 37.0 Å². The van der Waals surface area contributed by atoms with E-state index in [1.54, 1.807) is 0 Å². The first-order valence-corrected chi connectivity index (χ1v) is 7.26. The Bertz CT molecular complexity index is 241. The summed E-state index contributed by atoms with van der Waals surface area (Å²) in [7, 11) is 2.00. The van der Waals surface area contributed by atoms with E-state index in [0.29, 0.717) is 17.9 Å². The number of nitrogens with zero attached hydrogens (tertiary/aromatic N) is 1. The highest BCUT2D eigenvalue weighted by atomic mass is 16.2. The molecule has 1 heterocycles. The molecule has 0 radical (unpaired) electrons. The van der Waals surface area contributed by atoms with E-state index >= 15 is 0 Å². The van der Waals surface area contributed by atoms with E-state index in [4.69, 9.17) is 0 Å². The first-order chi connectivity index (χ1) is 8.29. The highest BCUT2D eigenvalue weighted by molar-refractivity contribution is 5.79. The highest BCUT2D eigenvalue weighted by Crippen LogP contribution is 2.24. The molecule has 98 valence electrons. The summed E-state index contributed by atoms with van der Waals surface area (Å²) >= 11 is 0. The van der Waals surface area contributed by atoms with Crippen molar-refractivity contribution in [2.75, 3.05) is 20.1 Å².